The molecule has 0 saturated carbocycles. The first-order chi connectivity index (χ1) is 10.1. The van der Waals surface area contributed by atoms with Crippen LogP contribution in [-0.2, 0) is 13.2 Å². The molecule has 0 amide bonds. The van der Waals surface area contributed by atoms with E-state index in [1.807, 2.05) is 18.2 Å². The number of aromatic nitrogens is 2. The third-order valence-electron chi connectivity index (χ3n) is 2.83. The molecule has 5 nitrogen and oxygen atoms in total. The van der Waals surface area contributed by atoms with Gasteiger partial charge in [-0.3, -0.25) is 0 Å². The molecular weight excluding hydrogens is 290 g/mol. The highest BCUT2D eigenvalue weighted by Gasteiger charge is 2.11. The van der Waals surface area contributed by atoms with E-state index < -0.39 is 0 Å². The van der Waals surface area contributed by atoms with Gasteiger partial charge in [-0.2, -0.15) is 4.98 Å². The lowest BCUT2D eigenvalue weighted by Crippen LogP contribution is -2.19. The number of nitrogens with one attached hydrogen (secondary N) is 1. The van der Waals surface area contributed by atoms with Crippen LogP contribution < -0.4 is 10.1 Å². The van der Waals surface area contributed by atoms with Crippen molar-refractivity contribution in [1.82, 2.24) is 15.5 Å². The minimum Gasteiger partial charge on any atom is -0.484 e. The van der Waals surface area contributed by atoms with Gasteiger partial charge < -0.3 is 14.6 Å². The summed E-state index contributed by atoms with van der Waals surface area (Å²) in [4.78, 5) is 4.11. The molecule has 0 radical (unpaired) electrons. The number of hydrogen-bond acceptors (Lipinski definition) is 5. The molecule has 0 fully saturated rings. The Labute approximate surface area is 129 Å². The first-order valence-electron chi connectivity index (χ1n) is 6.96. The average molecular weight is 310 g/mol. The van der Waals surface area contributed by atoms with E-state index in [0.717, 1.165) is 12.1 Å². The lowest BCUT2D eigenvalue weighted by atomic mass is 10.2. The van der Waals surface area contributed by atoms with Crippen molar-refractivity contribution in [3.8, 4) is 5.75 Å². The van der Waals surface area contributed by atoms with Gasteiger partial charge in [-0.1, -0.05) is 42.7 Å². The first kappa shape index (κ1) is 15.8. The van der Waals surface area contributed by atoms with E-state index >= 15 is 0 Å². The zero-order valence-corrected chi connectivity index (χ0v) is 13.3. The second-order valence-corrected chi connectivity index (χ2v) is 5.68. The van der Waals surface area contributed by atoms with Gasteiger partial charge in [0, 0.05) is 19.0 Å². The number of aryl methyl sites for hydroxylation is 1. The lowest BCUT2D eigenvalue weighted by molar-refractivity contribution is 0.282. The molecule has 0 aliphatic heterocycles. The minimum absolute atomic E-state index is 0.234. The van der Waals surface area contributed by atoms with Crippen molar-refractivity contribution in [3.05, 3.63) is 40.5 Å². The maximum Gasteiger partial charge on any atom is 0.223 e. The van der Waals surface area contributed by atoms with E-state index in [0.29, 0.717) is 34.9 Å². The number of ether oxygens (including phenoxy) is 1. The van der Waals surface area contributed by atoms with E-state index in [-0.39, 0.29) is 6.61 Å². The van der Waals surface area contributed by atoms with E-state index in [1.54, 1.807) is 6.92 Å². The Bertz CT molecular complexity index is 584. The minimum atomic E-state index is 0.234. The fourth-order valence-electron chi connectivity index (χ4n) is 1.89. The highest BCUT2D eigenvalue weighted by atomic mass is 35.5. The zero-order chi connectivity index (χ0) is 15.2. The van der Waals surface area contributed by atoms with Crippen molar-refractivity contribution >= 4 is 11.6 Å². The molecule has 0 aliphatic carbocycles. The van der Waals surface area contributed by atoms with E-state index in [1.165, 1.54) is 0 Å². The Morgan fingerprint density at radius 2 is 2.19 bits per heavy atom. The van der Waals surface area contributed by atoms with Crippen LogP contribution >= 0.6 is 11.6 Å². The van der Waals surface area contributed by atoms with Gasteiger partial charge in [0.1, 0.15) is 5.75 Å². The number of benzene rings is 1. The molecule has 2 aromatic rings. The van der Waals surface area contributed by atoms with Crippen LogP contribution in [0.3, 0.4) is 0 Å². The van der Waals surface area contributed by atoms with Crippen LogP contribution in [0, 0.1) is 12.8 Å². The maximum absolute atomic E-state index is 6.23. The molecule has 6 heteroatoms. The number of hydrogen-bond donors (Lipinski definition) is 1. The highest BCUT2D eigenvalue weighted by molar-refractivity contribution is 6.32. The lowest BCUT2D eigenvalue weighted by Gasteiger charge is -2.13. The van der Waals surface area contributed by atoms with Crippen molar-refractivity contribution in [2.45, 2.75) is 33.9 Å². The van der Waals surface area contributed by atoms with Crippen LogP contribution in [0.15, 0.2) is 22.7 Å². The Morgan fingerprint density at radius 1 is 1.38 bits per heavy atom. The van der Waals surface area contributed by atoms with Crippen LogP contribution in [0.25, 0.3) is 0 Å². The molecule has 1 aromatic heterocycles. The molecular formula is C15H20ClN3O2. The van der Waals surface area contributed by atoms with Gasteiger partial charge in [0.25, 0.3) is 0 Å². The summed E-state index contributed by atoms with van der Waals surface area (Å²) >= 11 is 6.23. The normalized spacial score (nSPS) is 11.1. The van der Waals surface area contributed by atoms with Gasteiger partial charge in [0.2, 0.25) is 11.7 Å². The fraction of sp³-hybridized carbons (Fsp3) is 0.467. The quantitative estimate of drug-likeness (QED) is 0.850. The maximum atomic E-state index is 6.23. The third kappa shape index (κ3) is 4.72. The molecule has 1 heterocycles. The predicted molar refractivity (Wildman–Crippen MR) is 81.4 cm³/mol. The second-order valence-electron chi connectivity index (χ2n) is 5.27. The van der Waals surface area contributed by atoms with Crippen molar-refractivity contribution in [2.24, 2.45) is 5.92 Å². The number of para-hydroxylation sites is 1. The second kappa shape index (κ2) is 7.43. The summed E-state index contributed by atoms with van der Waals surface area (Å²) in [6.45, 7) is 7.96. The number of halogens is 1. The molecule has 1 aromatic carbocycles. The number of rotatable bonds is 7. The largest absolute Gasteiger partial charge is 0.484 e. The molecule has 0 spiro atoms. The summed E-state index contributed by atoms with van der Waals surface area (Å²) < 4.78 is 10.7. The SMILES string of the molecule is Cc1nc(COc2c(Cl)cccc2CNCC(C)C)no1. The molecule has 0 aliphatic rings. The molecule has 21 heavy (non-hydrogen) atoms. The summed E-state index contributed by atoms with van der Waals surface area (Å²) in [6, 6.07) is 5.72. The Balaban J connectivity index is 2.02. The molecule has 0 bridgehead atoms. The van der Waals surface area contributed by atoms with Gasteiger partial charge in [-0.25, -0.2) is 0 Å². The predicted octanol–water partition coefficient (Wildman–Crippen LogP) is 3.36. The molecule has 114 valence electrons. The van der Waals surface area contributed by atoms with Crippen molar-refractivity contribution in [3.63, 3.8) is 0 Å². The van der Waals surface area contributed by atoms with Crippen molar-refractivity contribution in [2.75, 3.05) is 6.54 Å². The van der Waals surface area contributed by atoms with Crippen molar-refractivity contribution in [1.29, 1.82) is 0 Å². The monoisotopic (exact) mass is 309 g/mol. The van der Waals surface area contributed by atoms with Crippen LogP contribution in [0.5, 0.6) is 5.75 Å². The van der Waals surface area contributed by atoms with E-state index in [4.69, 9.17) is 20.9 Å². The first-order valence-corrected chi connectivity index (χ1v) is 7.34. The van der Waals surface area contributed by atoms with Crippen LogP contribution in [0.2, 0.25) is 5.02 Å². The molecule has 0 unspecified atom stereocenters. The third-order valence-corrected chi connectivity index (χ3v) is 3.13. The molecule has 2 rings (SSSR count). The highest BCUT2D eigenvalue weighted by Crippen LogP contribution is 2.29. The summed E-state index contributed by atoms with van der Waals surface area (Å²) in [6.07, 6.45) is 0. The van der Waals surface area contributed by atoms with E-state index in [2.05, 4.69) is 29.3 Å². The summed E-state index contributed by atoms with van der Waals surface area (Å²) in [5.74, 6) is 2.29. The van der Waals surface area contributed by atoms with Gasteiger partial charge in [-0.15, -0.1) is 0 Å². The van der Waals surface area contributed by atoms with Gasteiger partial charge >= 0.3 is 0 Å². The van der Waals surface area contributed by atoms with E-state index in [9.17, 15) is 0 Å². The van der Waals surface area contributed by atoms with Crippen molar-refractivity contribution < 1.29 is 9.26 Å². The summed E-state index contributed by atoms with van der Waals surface area (Å²) in [5, 5.41) is 7.77. The zero-order valence-electron chi connectivity index (χ0n) is 12.5. The Hall–Kier alpha value is -1.59. The van der Waals surface area contributed by atoms with Crippen LogP contribution in [-0.4, -0.2) is 16.7 Å². The summed E-state index contributed by atoms with van der Waals surface area (Å²) in [7, 11) is 0. The standard InChI is InChI=1S/C15H20ClN3O2/c1-10(2)7-17-8-12-5-4-6-13(16)15(12)20-9-14-18-11(3)21-19-14/h4-6,10,17H,7-9H2,1-3H3. The fourth-order valence-corrected chi connectivity index (χ4v) is 2.14. The molecule has 0 atom stereocenters. The van der Waals surface area contributed by atoms with Gasteiger partial charge in [-0.05, 0) is 18.5 Å². The smallest absolute Gasteiger partial charge is 0.223 e. The summed E-state index contributed by atoms with van der Waals surface area (Å²) in [5.41, 5.74) is 1.02. The Morgan fingerprint density at radius 3 is 2.86 bits per heavy atom. The average Bonchev–Trinajstić information content (AvgIpc) is 2.83. The molecule has 0 saturated heterocycles. The van der Waals surface area contributed by atoms with Crippen LogP contribution in [0.4, 0.5) is 0 Å². The Kier molecular flexibility index (Phi) is 5.59. The van der Waals surface area contributed by atoms with Gasteiger partial charge in [0.15, 0.2) is 6.61 Å². The van der Waals surface area contributed by atoms with Gasteiger partial charge in [0.05, 0.1) is 5.02 Å². The molecule has 1 N–H and O–H groups in total. The topological polar surface area (TPSA) is 60.2 Å². The number of nitrogens with zero attached hydrogens (tertiary/aromatic N) is 2. The van der Waals surface area contributed by atoms with Crippen LogP contribution in [0.1, 0.15) is 31.1 Å².